The first-order valence-electron chi connectivity index (χ1n) is 6.23. The molecule has 0 amide bonds. The van der Waals surface area contributed by atoms with Gasteiger partial charge >= 0.3 is 0 Å². The highest BCUT2D eigenvalue weighted by Gasteiger charge is 2.15. The fourth-order valence-electron chi connectivity index (χ4n) is 2.14. The molecule has 4 heteroatoms. The minimum absolute atomic E-state index is 0.645. The minimum atomic E-state index is 0.645. The smallest absolute Gasteiger partial charge is 0.0727 e. The van der Waals surface area contributed by atoms with Gasteiger partial charge in [-0.25, -0.2) is 0 Å². The average molecular weight is 244 g/mol. The van der Waals surface area contributed by atoms with Gasteiger partial charge < -0.3 is 15.4 Å². The van der Waals surface area contributed by atoms with Crippen molar-refractivity contribution in [3.63, 3.8) is 0 Å². The van der Waals surface area contributed by atoms with Crippen molar-refractivity contribution in [2.24, 2.45) is 11.7 Å². The number of hydrogen-bond acceptors (Lipinski definition) is 3. The number of rotatable bonds is 7. The second kappa shape index (κ2) is 7.98. The van der Waals surface area contributed by atoms with E-state index in [1.807, 2.05) is 0 Å². The van der Waals surface area contributed by atoms with E-state index < -0.39 is 0 Å². The molecule has 0 spiro atoms. The van der Waals surface area contributed by atoms with E-state index in [9.17, 15) is 0 Å². The van der Waals surface area contributed by atoms with Crippen LogP contribution in [0.1, 0.15) is 32.1 Å². The summed E-state index contributed by atoms with van der Waals surface area (Å²) in [5.74, 6) is 0.828. The lowest BCUT2D eigenvalue weighted by Gasteiger charge is -2.27. The van der Waals surface area contributed by atoms with E-state index in [-0.39, 0.29) is 0 Å². The van der Waals surface area contributed by atoms with Gasteiger partial charge in [-0.1, -0.05) is 12.2 Å². The molecule has 0 atom stereocenters. The van der Waals surface area contributed by atoms with Crippen molar-refractivity contribution in [1.29, 1.82) is 0 Å². The second-order valence-corrected chi connectivity index (χ2v) is 5.27. The molecule has 0 saturated carbocycles. The van der Waals surface area contributed by atoms with Crippen LogP contribution in [-0.4, -0.2) is 43.2 Å². The van der Waals surface area contributed by atoms with Crippen molar-refractivity contribution in [2.45, 2.75) is 32.1 Å². The van der Waals surface area contributed by atoms with E-state index in [2.05, 4.69) is 11.9 Å². The van der Waals surface area contributed by atoms with Crippen LogP contribution in [0, 0.1) is 5.92 Å². The third-order valence-corrected chi connectivity index (χ3v) is 3.33. The largest absolute Gasteiger partial charge is 0.393 e. The summed E-state index contributed by atoms with van der Waals surface area (Å²) in [5.41, 5.74) is 5.46. The maximum Gasteiger partial charge on any atom is 0.0727 e. The highest BCUT2D eigenvalue weighted by atomic mass is 32.1. The van der Waals surface area contributed by atoms with Gasteiger partial charge in [0.1, 0.15) is 0 Å². The van der Waals surface area contributed by atoms with E-state index >= 15 is 0 Å². The van der Waals surface area contributed by atoms with Crippen molar-refractivity contribution in [3.05, 3.63) is 0 Å². The summed E-state index contributed by atoms with van der Waals surface area (Å²) >= 11 is 4.86. The SMILES string of the molecule is CN(CCCCC(N)=S)CC1CCOCC1. The molecular formula is C12H24N2OS. The zero-order valence-electron chi connectivity index (χ0n) is 10.3. The molecule has 0 aromatic carbocycles. The normalized spacial score (nSPS) is 17.9. The fourth-order valence-corrected chi connectivity index (χ4v) is 2.29. The summed E-state index contributed by atoms with van der Waals surface area (Å²) < 4.78 is 5.36. The monoisotopic (exact) mass is 244 g/mol. The Hall–Kier alpha value is -0.190. The Balaban J connectivity index is 2.01. The van der Waals surface area contributed by atoms with Crippen molar-refractivity contribution in [3.8, 4) is 0 Å². The van der Waals surface area contributed by atoms with Crippen molar-refractivity contribution in [1.82, 2.24) is 4.90 Å². The molecule has 0 radical (unpaired) electrons. The zero-order valence-corrected chi connectivity index (χ0v) is 11.1. The molecule has 0 aliphatic carbocycles. The molecule has 1 fully saturated rings. The maximum absolute atomic E-state index is 5.46. The van der Waals surface area contributed by atoms with Crippen LogP contribution in [0.2, 0.25) is 0 Å². The Labute approximate surface area is 104 Å². The molecule has 2 N–H and O–H groups in total. The van der Waals surface area contributed by atoms with Crippen LogP contribution < -0.4 is 5.73 Å². The Morgan fingerprint density at radius 2 is 2.06 bits per heavy atom. The van der Waals surface area contributed by atoms with E-state index in [1.165, 1.54) is 25.8 Å². The number of nitrogens with two attached hydrogens (primary N) is 1. The van der Waals surface area contributed by atoms with Crippen LogP contribution in [0.3, 0.4) is 0 Å². The van der Waals surface area contributed by atoms with Crippen LogP contribution in [0.25, 0.3) is 0 Å². The summed E-state index contributed by atoms with van der Waals surface area (Å²) in [6.45, 7) is 4.25. The third-order valence-electron chi connectivity index (χ3n) is 3.12. The molecule has 0 unspecified atom stereocenters. The third kappa shape index (κ3) is 6.40. The van der Waals surface area contributed by atoms with Gasteiger partial charge in [0, 0.05) is 19.8 Å². The number of thiocarbonyl (C=S) groups is 1. The average Bonchev–Trinajstić information content (AvgIpc) is 2.25. The highest BCUT2D eigenvalue weighted by Crippen LogP contribution is 2.15. The number of unbranched alkanes of at least 4 members (excludes halogenated alkanes) is 1. The van der Waals surface area contributed by atoms with Crippen LogP contribution in [0.4, 0.5) is 0 Å². The van der Waals surface area contributed by atoms with Crippen molar-refractivity contribution < 1.29 is 4.74 Å². The van der Waals surface area contributed by atoms with Crippen molar-refractivity contribution in [2.75, 3.05) is 33.4 Å². The maximum atomic E-state index is 5.46. The molecule has 1 aliphatic rings. The second-order valence-electron chi connectivity index (χ2n) is 4.74. The van der Waals surface area contributed by atoms with E-state index in [4.69, 9.17) is 22.7 Å². The lowest BCUT2D eigenvalue weighted by Crippen LogP contribution is -2.30. The summed E-state index contributed by atoms with van der Waals surface area (Å²) in [4.78, 5) is 3.07. The summed E-state index contributed by atoms with van der Waals surface area (Å²) in [7, 11) is 2.20. The van der Waals surface area contributed by atoms with Crippen molar-refractivity contribution >= 4 is 17.2 Å². The lowest BCUT2D eigenvalue weighted by atomic mass is 10.00. The number of ether oxygens (including phenoxy) is 1. The van der Waals surface area contributed by atoms with E-state index in [0.717, 1.165) is 38.5 Å². The van der Waals surface area contributed by atoms with E-state index in [0.29, 0.717) is 4.99 Å². The standard InChI is InChI=1S/C12H24N2OS/c1-14(7-3-2-4-12(13)16)10-11-5-8-15-9-6-11/h11H,2-10H2,1H3,(H2,13,16). The van der Waals surface area contributed by atoms with Gasteiger partial charge in [0.05, 0.1) is 4.99 Å². The first-order chi connectivity index (χ1) is 7.68. The molecule has 1 aliphatic heterocycles. The molecule has 3 nitrogen and oxygen atoms in total. The molecule has 0 aromatic heterocycles. The van der Waals surface area contributed by atoms with Crippen LogP contribution in [0.15, 0.2) is 0 Å². The summed E-state index contributed by atoms with van der Waals surface area (Å²) in [6.07, 6.45) is 5.64. The number of nitrogens with zero attached hydrogens (tertiary/aromatic N) is 1. The molecular weight excluding hydrogens is 220 g/mol. The Morgan fingerprint density at radius 3 is 2.69 bits per heavy atom. The van der Waals surface area contributed by atoms with Gasteiger partial charge in [0.15, 0.2) is 0 Å². The Bertz CT molecular complexity index is 205. The predicted octanol–water partition coefficient (Wildman–Crippen LogP) is 1.80. The van der Waals surface area contributed by atoms with Gasteiger partial charge in [-0.15, -0.1) is 0 Å². The zero-order chi connectivity index (χ0) is 11.8. The molecule has 1 rings (SSSR count). The molecule has 94 valence electrons. The van der Waals surface area contributed by atoms with Crippen LogP contribution in [-0.2, 0) is 4.74 Å². The Morgan fingerprint density at radius 1 is 1.38 bits per heavy atom. The van der Waals surface area contributed by atoms with Gasteiger partial charge in [-0.2, -0.15) is 0 Å². The van der Waals surface area contributed by atoms with Gasteiger partial charge in [0.2, 0.25) is 0 Å². The predicted molar refractivity (Wildman–Crippen MR) is 71.7 cm³/mol. The summed E-state index contributed by atoms with van der Waals surface area (Å²) in [6, 6.07) is 0. The number of hydrogen-bond donors (Lipinski definition) is 1. The fraction of sp³-hybridized carbons (Fsp3) is 0.917. The minimum Gasteiger partial charge on any atom is -0.393 e. The van der Waals surface area contributed by atoms with Gasteiger partial charge in [-0.3, -0.25) is 0 Å². The van der Waals surface area contributed by atoms with Gasteiger partial charge in [-0.05, 0) is 51.6 Å². The topological polar surface area (TPSA) is 38.5 Å². The Kier molecular flexibility index (Phi) is 6.92. The molecule has 1 saturated heterocycles. The molecule has 1 heterocycles. The summed E-state index contributed by atoms with van der Waals surface area (Å²) in [5, 5.41) is 0. The lowest BCUT2D eigenvalue weighted by molar-refractivity contribution is 0.0556. The molecule has 0 aromatic rings. The highest BCUT2D eigenvalue weighted by molar-refractivity contribution is 7.80. The molecule has 16 heavy (non-hydrogen) atoms. The molecule has 0 bridgehead atoms. The van der Waals surface area contributed by atoms with Gasteiger partial charge in [0.25, 0.3) is 0 Å². The first kappa shape index (κ1) is 13.9. The van der Waals surface area contributed by atoms with Crippen LogP contribution in [0.5, 0.6) is 0 Å². The first-order valence-corrected chi connectivity index (χ1v) is 6.64. The quantitative estimate of drug-likeness (QED) is 0.547. The van der Waals surface area contributed by atoms with Crippen LogP contribution >= 0.6 is 12.2 Å². The van der Waals surface area contributed by atoms with E-state index in [1.54, 1.807) is 0 Å².